The van der Waals surface area contributed by atoms with Crippen molar-refractivity contribution in [1.29, 1.82) is 0 Å². The lowest BCUT2D eigenvalue weighted by Gasteiger charge is -2.51. The first-order valence-corrected chi connectivity index (χ1v) is 8.74. The van der Waals surface area contributed by atoms with Crippen molar-refractivity contribution in [2.75, 3.05) is 33.9 Å². The fourth-order valence-corrected chi connectivity index (χ4v) is 4.71. The number of hydrogen-bond acceptors (Lipinski definition) is 5. The summed E-state index contributed by atoms with van der Waals surface area (Å²) in [5, 5.41) is 0. The molecule has 0 N–H and O–H groups in total. The Kier molecular flexibility index (Phi) is 4.15. The van der Waals surface area contributed by atoms with Crippen molar-refractivity contribution in [3.63, 3.8) is 0 Å². The number of methoxy groups -OCH3 is 2. The van der Waals surface area contributed by atoms with E-state index in [1.807, 2.05) is 0 Å². The molecule has 0 aromatic heterocycles. The van der Waals surface area contributed by atoms with Crippen molar-refractivity contribution in [3.05, 3.63) is 24.3 Å². The first-order valence-electron chi connectivity index (χ1n) is 7.30. The Bertz CT molecular complexity index is 639. The zero-order valence-corrected chi connectivity index (χ0v) is 13.6. The second kappa shape index (κ2) is 5.81. The summed E-state index contributed by atoms with van der Waals surface area (Å²) in [4.78, 5) is 0.251. The normalized spacial score (nSPS) is 24.9. The summed E-state index contributed by atoms with van der Waals surface area (Å²) < 4.78 is 43.1. The molecule has 1 aromatic rings. The van der Waals surface area contributed by atoms with Crippen molar-refractivity contribution in [2.45, 2.75) is 29.4 Å². The van der Waals surface area contributed by atoms with E-state index in [2.05, 4.69) is 0 Å². The van der Waals surface area contributed by atoms with Crippen molar-refractivity contribution in [1.82, 2.24) is 4.31 Å². The van der Waals surface area contributed by atoms with Gasteiger partial charge in [0.15, 0.2) is 0 Å². The molecule has 1 aromatic carbocycles. The zero-order valence-electron chi connectivity index (χ0n) is 12.8. The van der Waals surface area contributed by atoms with Gasteiger partial charge in [-0.15, -0.1) is 0 Å². The lowest BCUT2D eigenvalue weighted by Crippen LogP contribution is -2.67. The molecular weight excluding hydrogens is 306 g/mol. The first-order chi connectivity index (χ1) is 10.5. The Morgan fingerprint density at radius 1 is 1.32 bits per heavy atom. The van der Waals surface area contributed by atoms with E-state index in [1.54, 1.807) is 31.4 Å². The van der Waals surface area contributed by atoms with Gasteiger partial charge < -0.3 is 14.2 Å². The summed E-state index contributed by atoms with van der Waals surface area (Å²) in [6.45, 7) is 1.38. The monoisotopic (exact) mass is 327 g/mol. The summed E-state index contributed by atoms with van der Waals surface area (Å²) >= 11 is 0. The van der Waals surface area contributed by atoms with Gasteiger partial charge in [-0.3, -0.25) is 0 Å². The summed E-state index contributed by atoms with van der Waals surface area (Å²) in [5.41, 5.74) is -0.384. The largest absolute Gasteiger partial charge is 0.497 e. The molecule has 0 radical (unpaired) electrons. The maximum absolute atomic E-state index is 12.6. The van der Waals surface area contributed by atoms with Crippen molar-refractivity contribution in [2.24, 2.45) is 0 Å². The van der Waals surface area contributed by atoms with Crippen LogP contribution in [0.25, 0.3) is 0 Å². The molecule has 2 fully saturated rings. The molecule has 1 spiro atoms. The predicted octanol–water partition coefficient (Wildman–Crippen LogP) is 1.26. The van der Waals surface area contributed by atoms with E-state index in [1.165, 1.54) is 11.4 Å². The number of sulfonamides is 1. The minimum absolute atomic E-state index is 0.149. The van der Waals surface area contributed by atoms with Crippen LogP contribution >= 0.6 is 0 Å². The van der Waals surface area contributed by atoms with E-state index in [0.29, 0.717) is 25.4 Å². The van der Waals surface area contributed by atoms with Gasteiger partial charge in [0.25, 0.3) is 0 Å². The Hall–Kier alpha value is -1.15. The highest BCUT2D eigenvalue weighted by atomic mass is 32.2. The average Bonchev–Trinajstić information content (AvgIpc) is 2.52. The van der Waals surface area contributed by atoms with Gasteiger partial charge in [-0.2, -0.15) is 4.31 Å². The summed E-state index contributed by atoms with van der Waals surface area (Å²) in [6.07, 6.45) is 1.75. The van der Waals surface area contributed by atoms with Crippen LogP contribution in [0.1, 0.15) is 12.8 Å². The maximum Gasteiger partial charge on any atom is 0.243 e. The molecule has 1 atom stereocenters. The summed E-state index contributed by atoms with van der Waals surface area (Å²) in [5.74, 6) is 0.532. The van der Waals surface area contributed by atoms with Crippen LogP contribution in [0.4, 0.5) is 0 Å². The molecule has 2 heterocycles. The van der Waals surface area contributed by atoms with E-state index >= 15 is 0 Å². The van der Waals surface area contributed by atoms with Gasteiger partial charge >= 0.3 is 0 Å². The maximum atomic E-state index is 12.6. The molecule has 0 saturated carbocycles. The van der Waals surface area contributed by atoms with Gasteiger partial charge in [-0.1, -0.05) is 6.07 Å². The fraction of sp³-hybridized carbons (Fsp3) is 0.600. The lowest BCUT2D eigenvalue weighted by molar-refractivity contribution is -0.173. The van der Waals surface area contributed by atoms with E-state index < -0.39 is 10.0 Å². The van der Waals surface area contributed by atoms with Gasteiger partial charge in [0.2, 0.25) is 10.0 Å². The highest BCUT2D eigenvalue weighted by molar-refractivity contribution is 7.89. The van der Waals surface area contributed by atoms with Crippen molar-refractivity contribution >= 4 is 10.0 Å². The molecule has 6 nitrogen and oxygen atoms in total. The number of rotatable bonds is 4. The van der Waals surface area contributed by atoms with Crippen molar-refractivity contribution in [3.8, 4) is 5.75 Å². The molecule has 0 aliphatic carbocycles. The van der Waals surface area contributed by atoms with Crippen LogP contribution in [0.2, 0.25) is 0 Å². The van der Waals surface area contributed by atoms with Gasteiger partial charge in [0.05, 0.1) is 23.7 Å². The minimum Gasteiger partial charge on any atom is -0.497 e. The van der Waals surface area contributed by atoms with Crippen LogP contribution < -0.4 is 4.74 Å². The van der Waals surface area contributed by atoms with Crippen LogP contribution in [0.15, 0.2) is 29.2 Å². The highest BCUT2D eigenvalue weighted by Crippen LogP contribution is 2.38. The second-order valence-electron chi connectivity index (χ2n) is 5.83. The molecule has 3 rings (SSSR count). The molecule has 0 bridgehead atoms. The number of nitrogens with zero attached hydrogens (tertiary/aromatic N) is 1. The van der Waals surface area contributed by atoms with E-state index in [9.17, 15) is 8.42 Å². The molecule has 2 saturated heterocycles. The highest BCUT2D eigenvalue weighted by Gasteiger charge is 2.52. The molecule has 0 amide bonds. The molecule has 1 unspecified atom stereocenters. The Labute approximate surface area is 131 Å². The van der Waals surface area contributed by atoms with E-state index in [-0.39, 0.29) is 16.6 Å². The second-order valence-corrected chi connectivity index (χ2v) is 7.77. The predicted molar refractivity (Wildman–Crippen MR) is 80.5 cm³/mol. The quantitative estimate of drug-likeness (QED) is 0.833. The van der Waals surface area contributed by atoms with Gasteiger partial charge in [0, 0.05) is 39.3 Å². The SMILES string of the molecule is COc1cccc(S(=O)(=O)N2CC3(CC(OC)CCO3)C2)c1. The third-order valence-corrected chi connectivity index (χ3v) is 6.18. The molecule has 122 valence electrons. The molecule has 22 heavy (non-hydrogen) atoms. The van der Waals surface area contributed by atoms with E-state index in [0.717, 1.165) is 12.8 Å². The summed E-state index contributed by atoms with van der Waals surface area (Å²) in [7, 11) is -0.295. The number of hydrogen-bond donors (Lipinski definition) is 0. The Morgan fingerprint density at radius 2 is 2.09 bits per heavy atom. The number of ether oxygens (including phenoxy) is 3. The van der Waals surface area contributed by atoms with Crippen LogP contribution in [0, 0.1) is 0 Å². The standard InChI is InChI=1S/C15H21NO5S/c1-19-12-4-3-5-14(8-12)22(17,18)16-10-15(11-16)9-13(20-2)6-7-21-15/h3-5,8,13H,6-7,9-11H2,1-2H3. The Balaban J connectivity index is 1.73. The molecule has 7 heteroatoms. The van der Waals surface area contributed by atoms with Crippen molar-refractivity contribution < 1.29 is 22.6 Å². The van der Waals surface area contributed by atoms with Crippen LogP contribution in [-0.2, 0) is 19.5 Å². The minimum atomic E-state index is -3.50. The molecular formula is C15H21NO5S. The Morgan fingerprint density at radius 3 is 2.77 bits per heavy atom. The molecule has 2 aliphatic heterocycles. The average molecular weight is 327 g/mol. The lowest BCUT2D eigenvalue weighted by atomic mass is 9.86. The summed E-state index contributed by atoms with van der Waals surface area (Å²) in [6, 6.07) is 6.53. The van der Waals surface area contributed by atoms with Crippen LogP contribution in [0.3, 0.4) is 0 Å². The van der Waals surface area contributed by atoms with Crippen LogP contribution in [0.5, 0.6) is 5.75 Å². The molecule has 2 aliphatic rings. The smallest absolute Gasteiger partial charge is 0.243 e. The van der Waals surface area contributed by atoms with Gasteiger partial charge in [-0.25, -0.2) is 8.42 Å². The third kappa shape index (κ3) is 2.74. The topological polar surface area (TPSA) is 65.1 Å². The zero-order chi connectivity index (χ0) is 15.8. The number of benzene rings is 1. The van der Waals surface area contributed by atoms with Gasteiger partial charge in [0.1, 0.15) is 5.75 Å². The first kappa shape index (κ1) is 15.7. The van der Waals surface area contributed by atoms with E-state index in [4.69, 9.17) is 14.2 Å². The fourth-order valence-electron chi connectivity index (χ4n) is 3.08. The third-order valence-electron chi connectivity index (χ3n) is 4.39. The van der Waals surface area contributed by atoms with Gasteiger partial charge in [-0.05, 0) is 18.6 Å². The van der Waals surface area contributed by atoms with Crippen LogP contribution in [-0.4, -0.2) is 58.3 Å².